The van der Waals surface area contributed by atoms with Crippen LogP contribution >= 0.6 is 11.3 Å². The number of hydrogen-bond acceptors (Lipinski definition) is 1. The van der Waals surface area contributed by atoms with E-state index < -0.39 is 0 Å². The minimum Gasteiger partial charge on any atom is -0.136 e. The third kappa shape index (κ3) is 2.37. The average Bonchev–Trinajstić information content (AvgIpc) is 2.75. The van der Waals surface area contributed by atoms with E-state index in [2.05, 4.69) is 43.3 Å². The molecule has 1 heterocycles. The molecule has 0 N–H and O–H groups in total. The zero-order valence-electron chi connectivity index (χ0n) is 11.0. The highest BCUT2D eigenvalue weighted by Gasteiger charge is 2.10. The van der Waals surface area contributed by atoms with Gasteiger partial charge in [-0.2, -0.15) is 0 Å². The molecule has 1 aromatic carbocycles. The Kier molecular flexibility index (Phi) is 3.51. The van der Waals surface area contributed by atoms with Crippen LogP contribution in [0.25, 0.3) is 16.2 Å². The van der Waals surface area contributed by atoms with Crippen LogP contribution in [0, 0.1) is 12.8 Å². The summed E-state index contributed by atoms with van der Waals surface area (Å²) in [6.07, 6.45) is 11.9. The SMILES string of the molecule is Cc1c(/C=C/C2CCCCC2)sc2ccccc12. The van der Waals surface area contributed by atoms with Gasteiger partial charge in [-0.05, 0) is 48.8 Å². The standard InChI is InChI=1S/C17H20S/c1-13-15-9-5-6-10-17(15)18-16(13)12-11-14-7-3-2-4-8-14/h5-6,9-12,14H,2-4,7-8H2,1H3/b12-11+. The van der Waals surface area contributed by atoms with Crippen LogP contribution in [0.3, 0.4) is 0 Å². The first-order valence-electron chi connectivity index (χ1n) is 7.01. The van der Waals surface area contributed by atoms with Gasteiger partial charge in [0.1, 0.15) is 0 Å². The summed E-state index contributed by atoms with van der Waals surface area (Å²) in [6.45, 7) is 2.25. The normalized spacial score (nSPS) is 17.8. The molecule has 1 heteroatoms. The van der Waals surface area contributed by atoms with Crippen LogP contribution in [0.4, 0.5) is 0 Å². The van der Waals surface area contributed by atoms with Gasteiger partial charge in [0.25, 0.3) is 0 Å². The molecule has 1 aliphatic rings. The smallest absolute Gasteiger partial charge is 0.0351 e. The van der Waals surface area contributed by atoms with Crippen molar-refractivity contribution in [3.63, 3.8) is 0 Å². The number of hydrogen-bond donors (Lipinski definition) is 0. The first-order valence-corrected chi connectivity index (χ1v) is 7.82. The van der Waals surface area contributed by atoms with Gasteiger partial charge < -0.3 is 0 Å². The van der Waals surface area contributed by atoms with Gasteiger partial charge in [0.15, 0.2) is 0 Å². The van der Waals surface area contributed by atoms with E-state index in [4.69, 9.17) is 0 Å². The molecule has 0 bridgehead atoms. The highest BCUT2D eigenvalue weighted by atomic mass is 32.1. The Bertz CT molecular complexity index is 556. The Hall–Kier alpha value is -1.08. The van der Waals surface area contributed by atoms with Gasteiger partial charge in [0.2, 0.25) is 0 Å². The molecule has 0 saturated heterocycles. The van der Waals surface area contributed by atoms with Crippen molar-refractivity contribution in [3.8, 4) is 0 Å². The predicted octanol–water partition coefficient (Wildman–Crippen LogP) is 5.80. The third-order valence-electron chi connectivity index (χ3n) is 4.05. The Labute approximate surface area is 113 Å². The monoisotopic (exact) mass is 256 g/mol. The van der Waals surface area contributed by atoms with Gasteiger partial charge in [0.05, 0.1) is 0 Å². The van der Waals surface area contributed by atoms with Gasteiger partial charge in [-0.3, -0.25) is 0 Å². The van der Waals surface area contributed by atoms with Gasteiger partial charge in [-0.25, -0.2) is 0 Å². The van der Waals surface area contributed by atoms with E-state index in [1.54, 1.807) is 0 Å². The molecule has 0 spiro atoms. The largest absolute Gasteiger partial charge is 0.136 e. The van der Waals surface area contributed by atoms with E-state index in [-0.39, 0.29) is 0 Å². The fraction of sp³-hybridized carbons (Fsp3) is 0.412. The lowest BCUT2D eigenvalue weighted by Crippen LogP contribution is -2.02. The van der Waals surface area contributed by atoms with Gasteiger partial charge >= 0.3 is 0 Å². The maximum Gasteiger partial charge on any atom is 0.0351 e. The fourth-order valence-electron chi connectivity index (χ4n) is 2.90. The third-order valence-corrected chi connectivity index (χ3v) is 5.29. The van der Waals surface area contributed by atoms with E-state index in [0.29, 0.717) is 0 Å². The zero-order valence-corrected chi connectivity index (χ0v) is 11.8. The molecule has 0 radical (unpaired) electrons. The van der Waals surface area contributed by atoms with Crippen LogP contribution < -0.4 is 0 Å². The zero-order chi connectivity index (χ0) is 12.4. The van der Waals surface area contributed by atoms with Crippen molar-refractivity contribution in [2.75, 3.05) is 0 Å². The molecule has 3 rings (SSSR count). The van der Waals surface area contributed by atoms with Crippen LogP contribution in [0.15, 0.2) is 30.3 Å². The number of benzene rings is 1. The van der Waals surface area contributed by atoms with Crippen LogP contribution in [-0.2, 0) is 0 Å². The van der Waals surface area contributed by atoms with Gasteiger partial charge in [0, 0.05) is 9.58 Å². The maximum absolute atomic E-state index is 2.46. The van der Waals surface area contributed by atoms with Crippen LogP contribution in [-0.4, -0.2) is 0 Å². The topological polar surface area (TPSA) is 0 Å². The summed E-state index contributed by atoms with van der Waals surface area (Å²) in [5.74, 6) is 0.823. The Morgan fingerprint density at radius 2 is 1.89 bits per heavy atom. The minimum absolute atomic E-state index is 0.823. The van der Waals surface area contributed by atoms with Gasteiger partial charge in [-0.15, -0.1) is 11.3 Å². The molecule has 1 aromatic heterocycles. The second kappa shape index (κ2) is 5.27. The van der Waals surface area contributed by atoms with Crippen LogP contribution in [0.1, 0.15) is 42.5 Å². The number of rotatable bonds is 2. The van der Waals surface area contributed by atoms with Crippen LogP contribution in [0.2, 0.25) is 0 Å². The van der Waals surface area contributed by atoms with Crippen molar-refractivity contribution in [1.82, 2.24) is 0 Å². The van der Waals surface area contributed by atoms with E-state index in [1.165, 1.54) is 52.6 Å². The van der Waals surface area contributed by atoms with Crippen LogP contribution in [0.5, 0.6) is 0 Å². The van der Waals surface area contributed by atoms with Gasteiger partial charge in [-0.1, -0.05) is 43.5 Å². The van der Waals surface area contributed by atoms with E-state index in [1.807, 2.05) is 11.3 Å². The summed E-state index contributed by atoms with van der Waals surface area (Å²) >= 11 is 1.93. The molecule has 1 fully saturated rings. The molecule has 0 aliphatic heterocycles. The lowest BCUT2D eigenvalue weighted by Gasteiger charge is -2.17. The van der Waals surface area contributed by atoms with Crippen molar-refractivity contribution in [1.29, 1.82) is 0 Å². The Balaban J connectivity index is 1.85. The quantitative estimate of drug-likeness (QED) is 0.636. The second-order valence-corrected chi connectivity index (χ2v) is 6.43. The predicted molar refractivity (Wildman–Crippen MR) is 82.2 cm³/mol. The molecule has 1 aliphatic carbocycles. The Morgan fingerprint density at radius 1 is 1.11 bits per heavy atom. The fourth-order valence-corrected chi connectivity index (χ4v) is 4.03. The highest BCUT2D eigenvalue weighted by Crippen LogP contribution is 2.32. The summed E-state index contributed by atoms with van der Waals surface area (Å²) in [5, 5.41) is 1.42. The van der Waals surface area contributed by atoms with Crippen molar-refractivity contribution in [2.24, 2.45) is 5.92 Å². The van der Waals surface area contributed by atoms with Crippen molar-refractivity contribution in [2.45, 2.75) is 39.0 Å². The average molecular weight is 256 g/mol. The first-order chi connectivity index (χ1) is 8.84. The second-order valence-electron chi connectivity index (χ2n) is 5.34. The summed E-state index contributed by atoms with van der Waals surface area (Å²) in [6, 6.07) is 8.73. The van der Waals surface area contributed by atoms with E-state index in [0.717, 1.165) is 5.92 Å². The number of aryl methyl sites for hydroxylation is 1. The summed E-state index contributed by atoms with van der Waals surface area (Å²) in [4.78, 5) is 1.45. The summed E-state index contributed by atoms with van der Waals surface area (Å²) in [5.41, 5.74) is 1.45. The summed E-state index contributed by atoms with van der Waals surface area (Å²) in [7, 11) is 0. The number of thiophene rings is 1. The molecule has 0 unspecified atom stereocenters. The molecular weight excluding hydrogens is 236 g/mol. The number of allylic oxidation sites excluding steroid dienone is 1. The molecule has 0 amide bonds. The lowest BCUT2D eigenvalue weighted by molar-refractivity contribution is 0.420. The van der Waals surface area contributed by atoms with Crippen molar-refractivity contribution in [3.05, 3.63) is 40.8 Å². The lowest BCUT2D eigenvalue weighted by atomic mass is 9.89. The minimum atomic E-state index is 0.823. The molecule has 18 heavy (non-hydrogen) atoms. The highest BCUT2D eigenvalue weighted by molar-refractivity contribution is 7.20. The van der Waals surface area contributed by atoms with Crippen molar-refractivity contribution >= 4 is 27.5 Å². The number of fused-ring (bicyclic) bond motifs is 1. The van der Waals surface area contributed by atoms with E-state index in [9.17, 15) is 0 Å². The van der Waals surface area contributed by atoms with Crippen molar-refractivity contribution < 1.29 is 0 Å². The Morgan fingerprint density at radius 3 is 2.67 bits per heavy atom. The maximum atomic E-state index is 2.46. The molecular formula is C17H20S. The first kappa shape index (κ1) is 12.0. The molecule has 2 aromatic rings. The molecule has 1 saturated carbocycles. The van der Waals surface area contributed by atoms with E-state index >= 15 is 0 Å². The molecule has 94 valence electrons. The molecule has 0 atom stereocenters. The summed E-state index contributed by atoms with van der Waals surface area (Å²) < 4.78 is 1.42. The molecule has 0 nitrogen and oxygen atoms in total.